The molecule has 0 spiro atoms. The highest BCUT2D eigenvalue weighted by Crippen LogP contribution is 2.34. The highest BCUT2D eigenvalue weighted by molar-refractivity contribution is 6.00. The number of nitrogens with zero attached hydrogens (tertiary/aromatic N) is 2. The number of benzene rings is 2. The van der Waals surface area contributed by atoms with Gasteiger partial charge in [0.2, 0.25) is 0 Å². The van der Waals surface area contributed by atoms with E-state index < -0.39 is 0 Å². The second-order valence-electron chi connectivity index (χ2n) is 8.19. The molecule has 152 valence electrons. The van der Waals surface area contributed by atoms with Gasteiger partial charge in [-0.3, -0.25) is 4.79 Å². The van der Waals surface area contributed by atoms with Gasteiger partial charge in [-0.25, -0.2) is 0 Å². The van der Waals surface area contributed by atoms with Crippen LogP contribution in [0.3, 0.4) is 0 Å². The minimum atomic E-state index is 0.0992. The molecule has 0 saturated carbocycles. The Morgan fingerprint density at radius 2 is 2.23 bits per heavy atom. The van der Waals surface area contributed by atoms with E-state index in [1.165, 1.54) is 5.56 Å². The maximum absolute atomic E-state index is 12.5. The summed E-state index contributed by atoms with van der Waals surface area (Å²) in [6.45, 7) is 2.17. The summed E-state index contributed by atoms with van der Waals surface area (Å²) in [6, 6.07) is 12.2. The molecule has 5 rings (SSSR count). The molecular formula is C24H24N4O2. The van der Waals surface area contributed by atoms with Crippen LogP contribution in [0.5, 0.6) is 5.75 Å². The lowest BCUT2D eigenvalue weighted by Gasteiger charge is -2.27. The summed E-state index contributed by atoms with van der Waals surface area (Å²) in [5.41, 5.74) is 5.98. The van der Waals surface area contributed by atoms with Crippen LogP contribution in [0.25, 0.3) is 10.9 Å². The number of nitriles is 1. The lowest BCUT2D eigenvalue weighted by molar-refractivity contribution is 0.0814. The van der Waals surface area contributed by atoms with Crippen molar-refractivity contribution >= 4 is 16.8 Å². The van der Waals surface area contributed by atoms with E-state index in [0.717, 1.165) is 59.2 Å². The van der Waals surface area contributed by atoms with E-state index in [2.05, 4.69) is 16.4 Å². The van der Waals surface area contributed by atoms with Gasteiger partial charge in [0.15, 0.2) is 0 Å². The van der Waals surface area contributed by atoms with Gasteiger partial charge in [0.25, 0.3) is 5.91 Å². The largest absolute Gasteiger partial charge is 0.492 e. The molecule has 1 aromatic heterocycles. The lowest BCUT2D eigenvalue weighted by Crippen LogP contribution is -2.40. The number of aryl methyl sites for hydroxylation is 1. The molecule has 2 aromatic carbocycles. The topological polar surface area (TPSA) is 81.2 Å². The second kappa shape index (κ2) is 7.51. The summed E-state index contributed by atoms with van der Waals surface area (Å²) in [6.07, 6.45) is 4.78. The summed E-state index contributed by atoms with van der Waals surface area (Å²) in [5, 5.41) is 13.9. The van der Waals surface area contributed by atoms with Gasteiger partial charge in [0.1, 0.15) is 12.4 Å². The minimum absolute atomic E-state index is 0.0992. The number of carbonyl (C=O) groups is 1. The van der Waals surface area contributed by atoms with Crippen molar-refractivity contribution in [1.29, 1.82) is 5.26 Å². The highest BCUT2D eigenvalue weighted by Gasteiger charge is 2.32. The Hall–Kier alpha value is -3.30. The van der Waals surface area contributed by atoms with Gasteiger partial charge in [-0.15, -0.1) is 0 Å². The molecule has 3 aromatic rings. The van der Waals surface area contributed by atoms with Gasteiger partial charge in [-0.2, -0.15) is 5.26 Å². The fourth-order valence-corrected chi connectivity index (χ4v) is 4.60. The normalized spacial score (nSPS) is 17.5. The van der Waals surface area contributed by atoms with Gasteiger partial charge in [-0.1, -0.05) is 6.07 Å². The van der Waals surface area contributed by atoms with Crippen molar-refractivity contribution in [3.8, 4) is 11.8 Å². The Balaban J connectivity index is 1.21. The van der Waals surface area contributed by atoms with E-state index >= 15 is 0 Å². The van der Waals surface area contributed by atoms with Crippen molar-refractivity contribution in [3.63, 3.8) is 0 Å². The molecule has 3 heterocycles. The van der Waals surface area contributed by atoms with E-state index in [1.807, 2.05) is 43.6 Å². The first kappa shape index (κ1) is 18.7. The number of rotatable bonds is 5. The highest BCUT2D eigenvalue weighted by atomic mass is 16.5. The van der Waals surface area contributed by atoms with Crippen molar-refractivity contribution < 1.29 is 9.53 Å². The third-order valence-corrected chi connectivity index (χ3v) is 6.17. The van der Waals surface area contributed by atoms with Gasteiger partial charge < -0.3 is 19.9 Å². The number of ether oxygens (including phenoxy) is 1. The number of aromatic nitrogens is 1. The number of nitrogens with one attached hydrogen (secondary N) is 2. The molecule has 6 heteroatoms. The van der Waals surface area contributed by atoms with Crippen LogP contribution in [0.2, 0.25) is 0 Å². The third-order valence-electron chi connectivity index (χ3n) is 6.17. The Bertz CT molecular complexity index is 1170. The first-order chi connectivity index (χ1) is 14.6. The molecule has 1 atom stereocenters. The van der Waals surface area contributed by atoms with Crippen molar-refractivity contribution in [3.05, 3.63) is 64.3 Å². The van der Waals surface area contributed by atoms with E-state index in [4.69, 9.17) is 10.00 Å². The Morgan fingerprint density at radius 3 is 3.10 bits per heavy atom. The van der Waals surface area contributed by atoms with Crippen LogP contribution in [0.4, 0.5) is 0 Å². The summed E-state index contributed by atoms with van der Waals surface area (Å²) < 4.78 is 5.96. The molecule has 1 unspecified atom stereocenters. The molecule has 0 bridgehead atoms. The molecule has 6 nitrogen and oxygen atoms in total. The fraction of sp³-hybridized carbons (Fsp3) is 0.333. The van der Waals surface area contributed by atoms with Crippen LogP contribution in [0.1, 0.15) is 39.0 Å². The molecule has 1 amide bonds. The maximum Gasteiger partial charge on any atom is 0.254 e. The van der Waals surface area contributed by atoms with Crippen LogP contribution in [-0.2, 0) is 19.4 Å². The first-order valence-corrected chi connectivity index (χ1v) is 10.4. The SMILES string of the molecule is CN1Cc2ccc3c(c2C1=O)CC(NCCCc1c[nH]c2ccc(C#N)cc12)CO3. The van der Waals surface area contributed by atoms with Crippen LogP contribution >= 0.6 is 0 Å². The van der Waals surface area contributed by atoms with E-state index in [9.17, 15) is 4.79 Å². The quantitative estimate of drug-likeness (QED) is 0.645. The van der Waals surface area contributed by atoms with Crippen LogP contribution in [0.15, 0.2) is 36.5 Å². The number of fused-ring (bicyclic) bond motifs is 4. The smallest absolute Gasteiger partial charge is 0.254 e. The van der Waals surface area contributed by atoms with E-state index in [-0.39, 0.29) is 11.9 Å². The standard InChI is InChI=1S/C24H24N4O2/c1-28-13-17-5-7-22-20(23(17)24(28)29)10-18(14-30-22)26-8-2-3-16-12-27-21-6-4-15(11-25)9-19(16)21/h4-7,9,12,18,26-27H,2-3,8,10,13-14H2,1H3. The molecule has 0 radical (unpaired) electrons. The number of hydrogen-bond donors (Lipinski definition) is 2. The predicted molar refractivity (Wildman–Crippen MR) is 115 cm³/mol. The van der Waals surface area contributed by atoms with Crippen molar-refractivity contribution in [2.45, 2.75) is 31.8 Å². The van der Waals surface area contributed by atoms with Crippen LogP contribution in [0, 0.1) is 11.3 Å². The third kappa shape index (κ3) is 3.21. The van der Waals surface area contributed by atoms with Gasteiger partial charge in [-0.05, 0) is 61.2 Å². The van der Waals surface area contributed by atoms with Gasteiger partial charge in [0.05, 0.1) is 17.2 Å². The number of carbonyl (C=O) groups excluding carboxylic acids is 1. The zero-order valence-electron chi connectivity index (χ0n) is 17.0. The monoisotopic (exact) mass is 400 g/mol. The van der Waals surface area contributed by atoms with Crippen molar-refractivity contribution in [2.24, 2.45) is 0 Å². The average Bonchev–Trinajstić information content (AvgIpc) is 3.31. The summed E-state index contributed by atoms with van der Waals surface area (Å²) >= 11 is 0. The number of hydrogen-bond acceptors (Lipinski definition) is 4. The van der Waals surface area contributed by atoms with Crippen molar-refractivity contribution in [2.75, 3.05) is 20.2 Å². The minimum Gasteiger partial charge on any atom is -0.492 e. The van der Waals surface area contributed by atoms with Gasteiger partial charge >= 0.3 is 0 Å². The van der Waals surface area contributed by atoms with Crippen LogP contribution in [-0.4, -0.2) is 42.0 Å². The summed E-state index contributed by atoms with van der Waals surface area (Å²) in [7, 11) is 1.85. The molecule has 0 fully saturated rings. The van der Waals surface area contributed by atoms with Crippen LogP contribution < -0.4 is 10.1 Å². The molecule has 0 saturated heterocycles. The molecule has 2 aliphatic rings. The van der Waals surface area contributed by atoms with E-state index in [1.54, 1.807) is 4.90 Å². The second-order valence-corrected chi connectivity index (χ2v) is 8.19. The predicted octanol–water partition coefficient (Wildman–Crippen LogP) is 3.15. The molecule has 0 aliphatic carbocycles. The molecule has 2 aliphatic heterocycles. The molecular weight excluding hydrogens is 376 g/mol. The Labute approximate surface area is 175 Å². The zero-order valence-corrected chi connectivity index (χ0v) is 17.0. The molecule has 2 N–H and O–H groups in total. The summed E-state index contributed by atoms with van der Waals surface area (Å²) in [5.74, 6) is 0.949. The van der Waals surface area contributed by atoms with Crippen molar-refractivity contribution in [1.82, 2.24) is 15.2 Å². The summed E-state index contributed by atoms with van der Waals surface area (Å²) in [4.78, 5) is 17.6. The number of H-pyrrole nitrogens is 1. The lowest BCUT2D eigenvalue weighted by atomic mass is 9.94. The number of amides is 1. The first-order valence-electron chi connectivity index (χ1n) is 10.4. The fourth-order valence-electron chi connectivity index (χ4n) is 4.60. The Morgan fingerprint density at radius 1 is 1.33 bits per heavy atom. The molecule has 30 heavy (non-hydrogen) atoms. The van der Waals surface area contributed by atoms with E-state index in [0.29, 0.717) is 18.7 Å². The Kier molecular flexibility index (Phi) is 4.68. The average molecular weight is 400 g/mol. The zero-order chi connectivity index (χ0) is 20.7. The maximum atomic E-state index is 12.5. The van der Waals surface area contributed by atoms with Gasteiger partial charge in [0, 0.05) is 42.3 Å². The number of aromatic amines is 1.